The van der Waals surface area contributed by atoms with E-state index in [1.165, 1.54) is 18.4 Å². The predicted molar refractivity (Wildman–Crippen MR) is 77.2 cm³/mol. The van der Waals surface area contributed by atoms with Gasteiger partial charge < -0.3 is 14.8 Å². The van der Waals surface area contributed by atoms with Crippen molar-refractivity contribution in [2.75, 3.05) is 19.9 Å². The minimum absolute atomic E-state index is 0.359. The molecule has 0 aromatic heterocycles. The molecule has 0 bridgehead atoms. The average Bonchev–Trinajstić information content (AvgIpc) is 3.20. The van der Waals surface area contributed by atoms with E-state index in [1.54, 1.807) is 0 Å². The van der Waals surface area contributed by atoms with E-state index in [9.17, 15) is 0 Å². The van der Waals surface area contributed by atoms with Gasteiger partial charge in [-0.2, -0.15) is 0 Å². The number of hydrogen-bond acceptors (Lipinski definition) is 3. The van der Waals surface area contributed by atoms with Gasteiger partial charge in [0.2, 0.25) is 0 Å². The van der Waals surface area contributed by atoms with Crippen LogP contribution in [-0.2, 0) is 11.3 Å². The summed E-state index contributed by atoms with van der Waals surface area (Å²) in [5.74, 6) is 2.37. The Hall–Kier alpha value is -1.06. The topological polar surface area (TPSA) is 30.5 Å². The van der Waals surface area contributed by atoms with Crippen LogP contribution in [0.1, 0.15) is 32.3 Å². The molecular weight excluding hydrogens is 238 g/mol. The van der Waals surface area contributed by atoms with E-state index in [2.05, 4.69) is 25.2 Å². The van der Waals surface area contributed by atoms with Gasteiger partial charge >= 0.3 is 0 Å². The molecule has 0 unspecified atom stereocenters. The zero-order valence-corrected chi connectivity index (χ0v) is 12.0. The van der Waals surface area contributed by atoms with Crippen LogP contribution in [0.2, 0.25) is 0 Å². The van der Waals surface area contributed by atoms with E-state index in [0.29, 0.717) is 12.7 Å². The van der Waals surface area contributed by atoms with Gasteiger partial charge in [-0.15, -0.1) is 0 Å². The molecule has 1 aliphatic rings. The number of rotatable bonds is 9. The fourth-order valence-corrected chi connectivity index (χ4v) is 1.89. The Bertz CT molecular complexity index is 375. The maximum Gasteiger partial charge on any atom is 0.189 e. The molecular formula is C16H25NO2. The fourth-order valence-electron chi connectivity index (χ4n) is 1.89. The molecule has 0 heterocycles. The molecule has 0 spiro atoms. The van der Waals surface area contributed by atoms with Gasteiger partial charge in [0.25, 0.3) is 0 Å². The first-order chi connectivity index (χ1) is 9.25. The van der Waals surface area contributed by atoms with Crippen molar-refractivity contribution in [2.24, 2.45) is 11.8 Å². The van der Waals surface area contributed by atoms with E-state index in [-0.39, 0.29) is 0 Å². The molecule has 3 heteroatoms. The minimum Gasteiger partial charge on any atom is -0.467 e. The molecule has 0 atom stereocenters. The third-order valence-electron chi connectivity index (χ3n) is 3.19. The molecule has 1 aromatic rings. The van der Waals surface area contributed by atoms with E-state index in [1.807, 2.05) is 18.2 Å². The van der Waals surface area contributed by atoms with Gasteiger partial charge in [-0.1, -0.05) is 32.0 Å². The summed E-state index contributed by atoms with van der Waals surface area (Å²) in [4.78, 5) is 0. The first-order valence-electron chi connectivity index (χ1n) is 7.25. The van der Waals surface area contributed by atoms with Crippen molar-refractivity contribution in [3.05, 3.63) is 29.8 Å². The summed E-state index contributed by atoms with van der Waals surface area (Å²) in [5.41, 5.74) is 1.19. The Balaban J connectivity index is 1.73. The van der Waals surface area contributed by atoms with Crippen LogP contribution in [0.4, 0.5) is 0 Å². The highest BCUT2D eigenvalue weighted by atomic mass is 16.7. The van der Waals surface area contributed by atoms with Gasteiger partial charge in [-0.05, 0) is 37.3 Å². The Morgan fingerprint density at radius 3 is 2.79 bits per heavy atom. The quantitative estimate of drug-likeness (QED) is 0.548. The highest BCUT2D eigenvalue weighted by Gasteiger charge is 2.21. The maximum absolute atomic E-state index is 5.71. The molecule has 3 nitrogen and oxygen atoms in total. The Morgan fingerprint density at radius 2 is 2.05 bits per heavy atom. The fraction of sp³-hybridized carbons (Fsp3) is 0.625. The molecule has 0 amide bonds. The second-order valence-corrected chi connectivity index (χ2v) is 5.71. The Labute approximate surface area is 116 Å². The second-order valence-electron chi connectivity index (χ2n) is 5.71. The summed E-state index contributed by atoms with van der Waals surface area (Å²) in [6.07, 6.45) is 2.63. The first-order valence-corrected chi connectivity index (χ1v) is 7.25. The maximum atomic E-state index is 5.71. The van der Waals surface area contributed by atoms with Crippen LogP contribution in [0.5, 0.6) is 5.75 Å². The number of hydrogen-bond donors (Lipinski definition) is 1. The molecule has 2 rings (SSSR count). The molecule has 19 heavy (non-hydrogen) atoms. The van der Waals surface area contributed by atoms with E-state index >= 15 is 0 Å². The molecule has 1 aromatic carbocycles. The molecule has 1 aliphatic carbocycles. The number of ether oxygens (including phenoxy) is 2. The summed E-state index contributed by atoms with van der Waals surface area (Å²) >= 11 is 0. The smallest absolute Gasteiger partial charge is 0.189 e. The van der Waals surface area contributed by atoms with E-state index in [4.69, 9.17) is 9.47 Å². The van der Waals surface area contributed by atoms with Crippen LogP contribution < -0.4 is 10.1 Å². The normalized spacial score (nSPS) is 14.9. The molecule has 0 radical (unpaired) electrons. The van der Waals surface area contributed by atoms with Crippen molar-refractivity contribution in [3.8, 4) is 5.75 Å². The van der Waals surface area contributed by atoms with E-state index in [0.717, 1.165) is 31.4 Å². The van der Waals surface area contributed by atoms with Gasteiger partial charge in [0.15, 0.2) is 6.79 Å². The lowest BCUT2D eigenvalue weighted by atomic mass is 10.2. The number of nitrogens with one attached hydrogen (secondary N) is 1. The Morgan fingerprint density at radius 1 is 1.26 bits per heavy atom. The van der Waals surface area contributed by atoms with Gasteiger partial charge in [0, 0.05) is 12.1 Å². The van der Waals surface area contributed by atoms with Crippen molar-refractivity contribution in [1.82, 2.24) is 5.32 Å². The van der Waals surface area contributed by atoms with Crippen LogP contribution in [0.25, 0.3) is 0 Å². The largest absolute Gasteiger partial charge is 0.467 e. The van der Waals surface area contributed by atoms with Crippen molar-refractivity contribution >= 4 is 0 Å². The van der Waals surface area contributed by atoms with Gasteiger partial charge in [-0.25, -0.2) is 0 Å². The third-order valence-corrected chi connectivity index (χ3v) is 3.19. The zero-order chi connectivity index (χ0) is 13.5. The third kappa shape index (κ3) is 5.62. The van der Waals surface area contributed by atoms with Gasteiger partial charge in [-0.3, -0.25) is 0 Å². The SMILES string of the molecule is CC(C)CNCc1ccccc1OCOCC1CC1. The van der Waals surface area contributed by atoms with Gasteiger partial charge in [0.05, 0.1) is 6.61 Å². The average molecular weight is 263 g/mol. The van der Waals surface area contributed by atoms with Crippen molar-refractivity contribution in [3.63, 3.8) is 0 Å². The van der Waals surface area contributed by atoms with Crippen LogP contribution in [0.3, 0.4) is 0 Å². The summed E-state index contributed by atoms with van der Waals surface area (Å²) in [5, 5.41) is 3.44. The zero-order valence-electron chi connectivity index (χ0n) is 12.0. The molecule has 106 valence electrons. The molecule has 0 saturated heterocycles. The lowest BCUT2D eigenvalue weighted by Crippen LogP contribution is -2.19. The standard InChI is InChI=1S/C16H25NO2/c1-13(2)9-17-10-15-5-3-4-6-16(15)19-12-18-11-14-7-8-14/h3-6,13-14,17H,7-12H2,1-2H3. The summed E-state index contributed by atoms with van der Waals surface area (Å²) < 4.78 is 11.2. The molecule has 1 fully saturated rings. The predicted octanol–water partition coefficient (Wildman–Crippen LogP) is 3.20. The van der Waals surface area contributed by atoms with Gasteiger partial charge in [0.1, 0.15) is 5.75 Å². The van der Waals surface area contributed by atoms with Crippen LogP contribution >= 0.6 is 0 Å². The van der Waals surface area contributed by atoms with Crippen LogP contribution in [-0.4, -0.2) is 19.9 Å². The molecule has 1 N–H and O–H groups in total. The highest BCUT2D eigenvalue weighted by Crippen LogP contribution is 2.28. The van der Waals surface area contributed by atoms with Crippen molar-refractivity contribution in [1.29, 1.82) is 0 Å². The van der Waals surface area contributed by atoms with Crippen molar-refractivity contribution in [2.45, 2.75) is 33.2 Å². The summed E-state index contributed by atoms with van der Waals surface area (Å²) in [6.45, 7) is 7.48. The molecule has 0 aliphatic heterocycles. The molecule has 1 saturated carbocycles. The van der Waals surface area contributed by atoms with Crippen LogP contribution in [0.15, 0.2) is 24.3 Å². The minimum atomic E-state index is 0.359. The first kappa shape index (κ1) is 14.4. The highest BCUT2D eigenvalue weighted by molar-refractivity contribution is 5.33. The van der Waals surface area contributed by atoms with E-state index < -0.39 is 0 Å². The summed E-state index contributed by atoms with van der Waals surface area (Å²) in [6, 6.07) is 8.16. The summed E-state index contributed by atoms with van der Waals surface area (Å²) in [7, 11) is 0. The lowest BCUT2D eigenvalue weighted by molar-refractivity contribution is 0.00941. The Kier molecular flexibility index (Phi) is 5.67. The van der Waals surface area contributed by atoms with Crippen molar-refractivity contribution < 1.29 is 9.47 Å². The second kappa shape index (κ2) is 7.51. The monoisotopic (exact) mass is 263 g/mol. The number of benzene rings is 1. The number of para-hydroxylation sites is 1. The lowest BCUT2D eigenvalue weighted by Gasteiger charge is -2.13. The van der Waals surface area contributed by atoms with Crippen LogP contribution in [0, 0.1) is 11.8 Å².